The molecule has 0 unspecified atom stereocenters. The Kier molecular flexibility index (Phi) is 3.02. The van der Waals surface area contributed by atoms with Crippen LogP contribution in [0.1, 0.15) is 11.1 Å². The molecule has 0 aliphatic heterocycles. The normalized spacial score (nSPS) is 9.83. The van der Waals surface area contributed by atoms with Gasteiger partial charge in [-0.3, -0.25) is 0 Å². The lowest BCUT2D eigenvalue weighted by Crippen LogP contribution is -1.82. The molecule has 0 aliphatic carbocycles. The number of phenols is 1. The van der Waals surface area contributed by atoms with Crippen molar-refractivity contribution < 1.29 is 5.11 Å². The van der Waals surface area contributed by atoms with Crippen molar-refractivity contribution in [3.8, 4) is 5.75 Å². The lowest BCUT2D eigenvalue weighted by molar-refractivity contribution is 0.472. The molecule has 4 heteroatoms. The zero-order valence-electron chi connectivity index (χ0n) is 6.54. The SMILES string of the molecule is Cc1cc(CI)c(O)c(N=O)c1. The first-order valence-corrected chi connectivity index (χ1v) is 4.93. The number of hydrogen-bond donors (Lipinski definition) is 1. The number of rotatable bonds is 2. The van der Waals surface area contributed by atoms with Crippen LogP contribution in [0, 0.1) is 11.8 Å². The maximum Gasteiger partial charge on any atom is 0.150 e. The van der Waals surface area contributed by atoms with Gasteiger partial charge in [0.2, 0.25) is 0 Å². The van der Waals surface area contributed by atoms with Crippen molar-refractivity contribution in [2.24, 2.45) is 5.18 Å². The maximum atomic E-state index is 10.2. The number of nitroso groups, excluding NO2 is 1. The fourth-order valence-corrected chi connectivity index (χ4v) is 1.59. The van der Waals surface area contributed by atoms with Crippen molar-refractivity contribution in [3.63, 3.8) is 0 Å². The molecule has 0 spiro atoms. The monoisotopic (exact) mass is 277 g/mol. The highest BCUT2D eigenvalue weighted by Crippen LogP contribution is 2.32. The van der Waals surface area contributed by atoms with Crippen LogP contribution in [0.5, 0.6) is 5.75 Å². The molecule has 0 heterocycles. The second-order valence-corrected chi connectivity index (χ2v) is 3.28. The fraction of sp³-hybridized carbons (Fsp3) is 0.250. The van der Waals surface area contributed by atoms with Gasteiger partial charge in [0.15, 0.2) is 0 Å². The maximum absolute atomic E-state index is 10.2. The second-order valence-electron chi connectivity index (χ2n) is 2.52. The summed E-state index contributed by atoms with van der Waals surface area (Å²) < 4.78 is 0.674. The Labute approximate surface area is 83.9 Å². The van der Waals surface area contributed by atoms with Crippen LogP contribution in [0.3, 0.4) is 0 Å². The van der Waals surface area contributed by atoms with E-state index in [9.17, 15) is 10.0 Å². The van der Waals surface area contributed by atoms with Crippen molar-refractivity contribution in [1.82, 2.24) is 0 Å². The molecule has 12 heavy (non-hydrogen) atoms. The van der Waals surface area contributed by atoms with E-state index in [0.29, 0.717) is 4.43 Å². The molecule has 0 saturated carbocycles. The zero-order valence-corrected chi connectivity index (χ0v) is 8.70. The third kappa shape index (κ3) is 1.74. The van der Waals surface area contributed by atoms with Crippen molar-refractivity contribution in [1.29, 1.82) is 0 Å². The van der Waals surface area contributed by atoms with E-state index >= 15 is 0 Å². The Balaban J connectivity index is 3.31. The van der Waals surface area contributed by atoms with Crippen LogP contribution in [0.25, 0.3) is 0 Å². The molecule has 1 rings (SSSR count). The molecule has 0 amide bonds. The van der Waals surface area contributed by atoms with Crippen LogP contribution < -0.4 is 0 Å². The minimum absolute atomic E-state index is 0.00463. The predicted octanol–water partition coefficient (Wildman–Crippen LogP) is 3.03. The summed E-state index contributed by atoms with van der Waals surface area (Å²) in [7, 11) is 0. The summed E-state index contributed by atoms with van der Waals surface area (Å²) in [6.07, 6.45) is 0. The number of aromatic hydroxyl groups is 1. The molecule has 0 aromatic heterocycles. The van der Waals surface area contributed by atoms with E-state index in [0.717, 1.165) is 11.1 Å². The highest BCUT2D eigenvalue weighted by Gasteiger charge is 2.07. The molecular formula is C8H8INO2. The minimum atomic E-state index is 0.00463. The van der Waals surface area contributed by atoms with E-state index < -0.39 is 0 Å². The zero-order chi connectivity index (χ0) is 9.14. The summed E-state index contributed by atoms with van der Waals surface area (Å²) in [5, 5.41) is 12.2. The molecule has 1 aromatic rings. The Morgan fingerprint density at radius 3 is 2.75 bits per heavy atom. The smallest absolute Gasteiger partial charge is 0.150 e. The third-order valence-electron chi connectivity index (χ3n) is 1.56. The first-order chi connectivity index (χ1) is 5.69. The number of alkyl halides is 1. The van der Waals surface area contributed by atoms with Gasteiger partial charge in [-0.15, -0.1) is 4.91 Å². The Hall–Kier alpha value is -0.650. The molecule has 0 bridgehead atoms. The lowest BCUT2D eigenvalue weighted by Gasteiger charge is -2.03. The van der Waals surface area contributed by atoms with Crippen molar-refractivity contribution in [2.75, 3.05) is 0 Å². The van der Waals surface area contributed by atoms with Gasteiger partial charge in [-0.25, -0.2) is 0 Å². The van der Waals surface area contributed by atoms with Gasteiger partial charge in [0.25, 0.3) is 0 Å². The van der Waals surface area contributed by atoms with Crippen LogP contribution in [-0.2, 0) is 4.43 Å². The van der Waals surface area contributed by atoms with Crippen LogP contribution in [0.2, 0.25) is 0 Å². The van der Waals surface area contributed by atoms with E-state index in [4.69, 9.17) is 0 Å². The summed E-state index contributed by atoms with van der Waals surface area (Å²) in [5.74, 6) is 0.00463. The molecule has 0 fully saturated rings. The summed E-state index contributed by atoms with van der Waals surface area (Å²) in [5.41, 5.74) is 1.82. The van der Waals surface area contributed by atoms with E-state index in [-0.39, 0.29) is 11.4 Å². The van der Waals surface area contributed by atoms with Crippen molar-refractivity contribution >= 4 is 28.3 Å². The van der Waals surface area contributed by atoms with Gasteiger partial charge in [0.1, 0.15) is 11.4 Å². The molecular weight excluding hydrogens is 269 g/mol. The number of aryl methyl sites for hydroxylation is 1. The van der Waals surface area contributed by atoms with Crippen LogP contribution in [0.4, 0.5) is 5.69 Å². The number of nitrogens with zero attached hydrogens (tertiary/aromatic N) is 1. The first kappa shape index (κ1) is 9.44. The number of phenolic OH excluding ortho intramolecular Hbond substituents is 1. The van der Waals surface area contributed by atoms with Gasteiger partial charge in [0, 0.05) is 9.99 Å². The van der Waals surface area contributed by atoms with Gasteiger partial charge < -0.3 is 5.11 Å². The molecule has 0 atom stereocenters. The Bertz CT molecular complexity index is 312. The van der Waals surface area contributed by atoms with Crippen molar-refractivity contribution in [2.45, 2.75) is 11.4 Å². The molecule has 3 nitrogen and oxygen atoms in total. The van der Waals surface area contributed by atoms with Gasteiger partial charge in [0.05, 0.1) is 0 Å². The average molecular weight is 277 g/mol. The quantitative estimate of drug-likeness (QED) is 0.513. The number of hydrogen-bond acceptors (Lipinski definition) is 3. The van der Waals surface area contributed by atoms with E-state index in [1.807, 2.05) is 13.0 Å². The largest absolute Gasteiger partial charge is 0.505 e. The molecule has 1 N–H and O–H groups in total. The highest BCUT2D eigenvalue weighted by molar-refractivity contribution is 14.1. The minimum Gasteiger partial charge on any atom is -0.505 e. The van der Waals surface area contributed by atoms with E-state index in [2.05, 4.69) is 27.8 Å². The van der Waals surface area contributed by atoms with Gasteiger partial charge >= 0.3 is 0 Å². The number of halogens is 1. The van der Waals surface area contributed by atoms with E-state index in [1.54, 1.807) is 6.07 Å². The molecule has 0 aliphatic rings. The summed E-state index contributed by atoms with van der Waals surface area (Å²) in [6, 6.07) is 3.41. The Morgan fingerprint density at radius 1 is 1.58 bits per heavy atom. The molecule has 64 valence electrons. The second kappa shape index (κ2) is 3.84. The Morgan fingerprint density at radius 2 is 2.25 bits per heavy atom. The van der Waals surface area contributed by atoms with Gasteiger partial charge in [-0.05, 0) is 23.7 Å². The standard InChI is InChI=1S/C8H8INO2/c1-5-2-6(4-9)8(11)7(3-5)10-12/h2-3,11H,4H2,1H3. The summed E-state index contributed by atoms with van der Waals surface area (Å²) >= 11 is 2.12. The summed E-state index contributed by atoms with van der Waals surface area (Å²) in [4.78, 5) is 10.2. The van der Waals surface area contributed by atoms with Crippen LogP contribution in [-0.4, -0.2) is 5.11 Å². The van der Waals surface area contributed by atoms with Gasteiger partial charge in [-0.1, -0.05) is 28.7 Å². The third-order valence-corrected chi connectivity index (χ3v) is 2.38. The highest BCUT2D eigenvalue weighted by atomic mass is 127. The number of benzene rings is 1. The topological polar surface area (TPSA) is 49.7 Å². The van der Waals surface area contributed by atoms with Crippen LogP contribution in [0.15, 0.2) is 17.3 Å². The van der Waals surface area contributed by atoms with Gasteiger partial charge in [-0.2, -0.15) is 0 Å². The first-order valence-electron chi connectivity index (χ1n) is 3.41. The molecule has 1 aromatic carbocycles. The fourth-order valence-electron chi connectivity index (χ4n) is 1.00. The molecule has 0 saturated heterocycles. The lowest BCUT2D eigenvalue weighted by atomic mass is 10.1. The summed E-state index contributed by atoms with van der Waals surface area (Å²) in [6.45, 7) is 1.86. The predicted molar refractivity (Wildman–Crippen MR) is 56.0 cm³/mol. The molecule has 0 radical (unpaired) electrons. The average Bonchev–Trinajstić information content (AvgIpc) is 2.08. The van der Waals surface area contributed by atoms with E-state index in [1.165, 1.54) is 0 Å². The van der Waals surface area contributed by atoms with Crippen molar-refractivity contribution in [3.05, 3.63) is 28.2 Å². The van der Waals surface area contributed by atoms with Crippen LogP contribution >= 0.6 is 22.6 Å².